The van der Waals surface area contributed by atoms with Gasteiger partial charge in [0, 0.05) is 16.5 Å². The average Bonchev–Trinajstić information content (AvgIpc) is 2.53. The Bertz CT molecular complexity index is 722. The maximum atomic E-state index is 14.6. The van der Waals surface area contributed by atoms with Crippen LogP contribution in [0, 0.1) is 5.82 Å². The summed E-state index contributed by atoms with van der Waals surface area (Å²) in [5, 5.41) is 13.6. The Kier molecular flexibility index (Phi) is 4.42. The molecule has 1 fully saturated rings. The second kappa shape index (κ2) is 6.32. The molecule has 0 spiro atoms. The fourth-order valence-corrected chi connectivity index (χ4v) is 3.17. The van der Waals surface area contributed by atoms with Gasteiger partial charge in [-0.1, -0.05) is 40.2 Å². The lowest BCUT2D eigenvalue weighted by Gasteiger charge is -2.28. The van der Waals surface area contributed by atoms with Crippen molar-refractivity contribution < 1.29 is 19.0 Å². The molecule has 2 aromatic carbocycles. The molecule has 0 saturated carbocycles. The minimum Gasteiger partial charge on any atom is -0.389 e. The molecule has 2 aromatic rings. The number of carbonyl (C=O) groups excluding carboxylic acids is 1. The molecule has 1 heterocycles. The maximum absolute atomic E-state index is 14.6. The van der Waals surface area contributed by atoms with Crippen molar-refractivity contribution in [1.82, 2.24) is 5.32 Å². The van der Waals surface area contributed by atoms with Crippen LogP contribution in [0.1, 0.15) is 16.8 Å². The molecule has 1 amide bonds. The lowest BCUT2D eigenvalue weighted by atomic mass is 10.0. The van der Waals surface area contributed by atoms with E-state index < -0.39 is 23.9 Å². The molecule has 116 valence electrons. The Morgan fingerprint density at radius 2 is 2.09 bits per heavy atom. The Morgan fingerprint density at radius 3 is 2.82 bits per heavy atom. The second-order valence-corrected chi connectivity index (χ2v) is 6.13. The number of rotatable bonds is 2. The van der Waals surface area contributed by atoms with E-state index in [1.54, 1.807) is 18.2 Å². The molecule has 1 aliphatic rings. The standard InChI is InChI=1S/C16H15BrFNO3/c17-12-7-11(15(18)10-4-2-1-3-9(10)12)16(21)19-13-5-6-22-8-14(13)20/h1-4,7,13-14,20H,5-6,8H2,(H,19,21). The number of hydrogen-bond donors (Lipinski definition) is 2. The zero-order chi connectivity index (χ0) is 15.7. The van der Waals surface area contributed by atoms with Crippen LogP contribution in [0.4, 0.5) is 4.39 Å². The van der Waals surface area contributed by atoms with Gasteiger partial charge in [-0.25, -0.2) is 4.39 Å². The van der Waals surface area contributed by atoms with Crippen molar-refractivity contribution in [2.75, 3.05) is 13.2 Å². The average molecular weight is 368 g/mol. The number of halogens is 2. The van der Waals surface area contributed by atoms with Crippen molar-refractivity contribution in [3.8, 4) is 0 Å². The fourth-order valence-electron chi connectivity index (χ4n) is 2.60. The first-order valence-corrected chi connectivity index (χ1v) is 7.80. The van der Waals surface area contributed by atoms with E-state index in [4.69, 9.17) is 4.74 Å². The van der Waals surface area contributed by atoms with E-state index in [0.29, 0.717) is 28.3 Å². The van der Waals surface area contributed by atoms with Crippen LogP contribution in [0.3, 0.4) is 0 Å². The van der Waals surface area contributed by atoms with Crippen LogP contribution in [-0.2, 0) is 4.74 Å². The van der Waals surface area contributed by atoms with Crippen LogP contribution in [0.5, 0.6) is 0 Å². The number of aliphatic hydroxyl groups excluding tert-OH is 1. The molecule has 2 N–H and O–H groups in total. The van der Waals surface area contributed by atoms with Crippen molar-refractivity contribution in [1.29, 1.82) is 0 Å². The zero-order valence-electron chi connectivity index (χ0n) is 11.7. The first kappa shape index (κ1) is 15.4. The normalized spacial score (nSPS) is 21.8. The number of aliphatic hydroxyl groups is 1. The largest absolute Gasteiger partial charge is 0.389 e. The van der Waals surface area contributed by atoms with Gasteiger partial charge < -0.3 is 15.2 Å². The van der Waals surface area contributed by atoms with Gasteiger partial charge in [0.1, 0.15) is 5.82 Å². The Morgan fingerprint density at radius 1 is 1.36 bits per heavy atom. The minimum absolute atomic E-state index is 0.0377. The summed E-state index contributed by atoms with van der Waals surface area (Å²) in [6.07, 6.45) is -0.270. The molecule has 2 unspecified atom stereocenters. The van der Waals surface area contributed by atoms with E-state index in [1.165, 1.54) is 6.07 Å². The van der Waals surface area contributed by atoms with E-state index >= 15 is 0 Å². The number of nitrogens with one attached hydrogen (secondary N) is 1. The zero-order valence-corrected chi connectivity index (χ0v) is 13.3. The Balaban J connectivity index is 1.92. The first-order chi connectivity index (χ1) is 10.6. The number of carbonyl (C=O) groups is 1. The summed E-state index contributed by atoms with van der Waals surface area (Å²) in [6.45, 7) is 0.640. The van der Waals surface area contributed by atoms with Gasteiger partial charge in [-0.15, -0.1) is 0 Å². The summed E-state index contributed by atoms with van der Waals surface area (Å²) >= 11 is 3.37. The van der Waals surface area contributed by atoms with Crippen molar-refractivity contribution >= 4 is 32.6 Å². The van der Waals surface area contributed by atoms with Gasteiger partial charge >= 0.3 is 0 Å². The molecule has 6 heteroatoms. The molecular formula is C16H15BrFNO3. The number of fused-ring (bicyclic) bond motifs is 1. The second-order valence-electron chi connectivity index (χ2n) is 5.28. The van der Waals surface area contributed by atoms with Crippen LogP contribution in [0.25, 0.3) is 10.8 Å². The molecule has 4 nitrogen and oxygen atoms in total. The highest BCUT2D eigenvalue weighted by Crippen LogP contribution is 2.29. The molecule has 3 rings (SSSR count). The SMILES string of the molecule is O=C(NC1CCOCC1O)c1cc(Br)c2ccccc2c1F. The van der Waals surface area contributed by atoms with Crippen LogP contribution in [0.15, 0.2) is 34.8 Å². The highest BCUT2D eigenvalue weighted by Gasteiger charge is 2.27. The summed E-state index contributed by atoms with van der Waals surface area (Å²) in [5.41, 5.74) is -0.0377. The van der Waals surface area contributed by atoms with Crippen LogP contribution < -0.4 is 5.32 Å². The molecule has 22 heavy (non-hydrogen) atoms. The Hall–Kier alpha value is -1.50. The minimum atomic E-state index is -0.773. The van der Waals surface area contributed by atoms with E-state index in [2.05, 4.69) is 21.2 Å². The van der Waals surface area contributed by atoms with Crippen molar-refractivity contribution in [2.45, 2.75) is 18.6 Å². The van der Waals surface area contributed by atoms with Gasteiger partial charge in [0.15, 0.2) is 0 Å². The predicted molar refractivity (Wildman–Crippen MR) is 84.3 cm³/mol. The van der Waals surface area contributed by atoms with E-state index in [-0.39, 0.29) is 12.2 Å². The van der Waals surface area contributed by atoms with E-state index in [9.17, 15) is 14.3 Å². The summed E-state index contributed by atoms with van der Waals surface area (Å²) in [5.74, 6) is -1.09. The molecule has 0 aliphatic carbocycles. The summed E-state index contributed by atoms with van der Waals surface area (Å²) < 4.78 is 20.4. The third-order valence-corrected chi connectivity index (χ3v) is 4.47. The number of ether oxygens (including phenoxy) is 1. The summed E-state index contributed by atoms with van der Waals surface area (Å²) in [6, 6.07) is 8.00. The highest BCUT2D eigenvalue weighted by atomic mass is 79.9. The molecule has 0 radical (unpaired) electrons. The van der Waals surface area contributed by atoms with Crippen molar-refractivity contribution in [3.05, 3.63) is 46.2 Å². The molecule has 2 atom stereocenters. The highest BCUT2D eigenvalue weighted by molar-refractivity contribution is 9.10. The first-order valence-electron chi connectivity index (χ1n) is 7.01. The number of hydrogen-bond acceptors (Lipinski definition) is 3. The van der Waals surface area contributed by atoms with Gasteiger partial charge in [-0.05, 0) is 17.9 Å². The molecule has 1 aliphatic heterocycles. The quantitative estimate of drug-likeness (QED) is 0.857. The molecular weight excluding hydrogens is 353 g/mol. The van der Waals surface area contributed by atoms with E-state index in [1.807, 2.05) is 6.07 Å². The summed E-state index contributed by atoms with van der Waals surface area (Å²) in [7, 11) is 0. The monoisotopic (exact) mass is 367 g/mol. The van der Waals surface area contributed by atoms with Crippen molar-refractivity contribution in [3.63, 3.8) is 0 Å². The van der Waals surface area contributed by atoms with Gasteiger partial charge in [-0.2, -0.15) is 0 Å². The predicted octanol–water partition coefficient (Wildman–Crippen LogP) is 2.62. The third-order valence-electron chi connectivity index (χ3n) is 3.82. The molecule has 1 saturated heterocycles. The smallest absolute Gasteiger partial charge is 0.254 e. The molecule has 0 bridgehead atoms. The maximum Gasteiger partial charge on any atom is 0.254 e. The lowest BCUT2D eigenvalue weighted by Crippen LogP contribution is -2.48. The topological polar surface area (TPSA) is 58.6 Å². The van der Waals surface area contributed by atoms with E-state index in [0.717, 1.165) is 0 Å². The fraction of sp³-hybridized carbons (Fsp3) is 0.312. The Labute approximate surface area is 135 Å². The van der Waals surface area contributed by atoms with Crippen LogP contribution in [-0.4, -0.2) is 36.4 Å². The molecule has 0 aromatic heterocycles. The van der Waals surface area contributed by atoms with Gasteiger partial charge in [0.2, 0.25) is 0 Å². The van der Waals surface area contributed by atoms with Crippen LogP contribution in [0.2, 0.25) is 0 Å². The number of amides is 1. The lowest BCUT2D eigenvalue weighted by molar-refractivity contribution is -0.0261. The van der Waals surface area contributed by atoms with Gasteiger partial charge in [0.05, 0.1) is 24.3 Å². The third kappa shape index (κ3) is 2.86. The van der Waals surface area contributed by atoms with Gasteiger partial charge in [0.25, 0.3) is 5.91 Å². The van der Waals surface area contributed by atoms with Crippen molar-refractivity contribution in [2.24, 2.45) is 0 Å². The number of benzene rings is 2. The van der Waals surface area contributed by atoms with Gasteiger partial charge in [-0.3, -0.25) is 4.79 Å². The van der Waals surface area contributed by atoms with Crippen LogP contribution >= 0.6 is 15.9 Å². The summed E-state index contributed by atoms with van der Waals surface area (Å²) in [4.78, 5) is 12.4.